The summed E-state index contributed by atoms with van der Waals surface area (Å²) in [4.78, 5) is 24.5. The molecule has 0 aliphatic carbocycles. The first-order valence-corrected chi connectivity index (χ1v) is 10.9. The van der Waals surface area contributed by atoms with E-state index >= 15 is 0 Å². The molecular formula is C26H24Cl2O4. The third-order valence-corrected chi connectivity index (χ3v) is 5.63. The highest BCUT2D eigenvalue weighted by Crippen LogP contribution is 2.25. The second kappa shape index (κ2) is 10.2. The van der Waals surface area contributed by atoms with Crippen molar-refractivity contribution in [1.29, 1.82) is 0 Å². The molecule has 0 aliphatic rings. The molecule has 3 rings (SSSR count). The van der Waals surface area contributed by atoms with Gasteiger partial charge in [-0.25, -0.2) is 4.79 Å². The Morgan fingerprint density at radius 1 is 0.812 bits per heavy atom. The summed E-state index contributed by atoms with van der Waals surface area (Å²) < 4.78 is 11.0. The highest BCUT2D eigenvalue weighted by atomic mass is 35.5. The number of ketones is 1. The summed E-state index contributed by atoms with van der Waals surface area (Å²) in [6.07, 6.45) is 0. The minimum atomic E-state index is -0.580. The standard InChI is InChI=1S/C26H24Cl2O4/c1-26(2,3)20-9-11-21(12-10-20)31-15-17-4-6-18(7-5-17)25(30)32-16-24(29)19-8-13-22(27)23(28)14-19/h4-14H,15-16H2,1-3H3. The van der Waals surface area contributed by atoms with Gasteiger partial charge in [0.25, 0.3) is 0 Å². The molecule has 0 aliphatic heterocycles. The van der Waals surface area contributed by atoms with Crippen molar-refractivity contribution in [1.82, 2.24) is 0 Å². The van der Waals surface area contributed by atoms with E-state index in [1.54, 1.807) is 24.3 Å². The van der Waals surface area contributed by atoms with Gasteiger partial charge in [-0.3, -0.25) is 4.79 Å². The molecular weight excluding hydrogens is 447 g/mol. The van der Waals surface area contributed by atoms with Crippen LogP contribution in [0.25, 0.3) is 0 Å². The Hall–Kier alpha value is -2.82. The summed E-state index contributed by atoms with van der Waals surface area (Å²) in [5.74, 6) is -0.162. The Bertz CT molecular complexity index is 1100. The molecule has 32 heavy (non-hydrogen) atoms. The second-order valence-corrected chi connectivity index (χ2v) is 9.20. The van der Waals surface area contributed by atoms with Gasteiger partial charge in [0, 0.05) is 5.56 Å². The van der Waals surface area contributed by atoms with Crippen LogP contribution in [-0.4, -0.2) is 18.4 Å². The van der Waals surface area contributed by atoms with Crippen LogP contribution in [0.1, 0.15) is 52.6 Å². The molecule has 0 N–H and O–H groups in total. The van der Waals surface area contributed by atoms with Crippen LogP contribution >= 0.6 is 23.2 Å². The maximum atomic E-state index is 12.3. The van der Waals surface area contributed by atoms with Crippen LogP contribution in [-0.2, 0) is 16.8 Å². The number of carbonyl (C=O) groups is 2. The average Bonchev–Trinajstić information content (AvgIpc) is 2.77. The van der Waals surface area contributed by atoms with Crippen molar-refractivity contribution in [3.05, 3.63) is 99.0 Å². The summed E-state index contributed by atoms with van der Waals surface area (Å²) in [5.41, 5.74) is 2.93. The van der Waals surface area contributed by atoms with Crippen molar-refractivity contribution in [2.75, 3.05) is 6.61 Å². The normalized spacial score (nSPS) is 11.2. The zero-order valence-corrected chi connectivity index (χ0v) is 19.7. The van der Waals surface area contributed by atoms with E-state index < -0.39 is 5.97 Å². The lowest BCUT2D eigenvalue weighted by Gasteiger charge is -2.19. The number of benzene rings is 3. The molecule has 0 saturated carbocycles. The van der Waals surface area contributed by atoms with Crippen LogP contribution in [0, 0.1) is 0 Å². The van der Waals surface area contributed by atoms with E-state index in [-0.39, 0.29) is 22.8 Å². The van der Waals surface area contributed by atoms with Crippen molar-refractivity contribution in [2.24, 2.45) is 0 Å². The van der Waals surface area contributed by atoms with Gasteiger partial charge in [-0.1, -0.05) is 68.2 Å². The number of rotatable bonds is 7. The fourth-order valence-electron chi connectivity index (χ4n) is 2.92. The number of esters is 1. The fourth-order valence-corrected chi connectivity index (χ4v) is 3.22. The molecule has 0 bridgehead atoms. The van der Waals surface area contributed by atoms with Crippen molar-refractivity contribution >= 4 is 35.0 Å². The van der Waals surface area contributed by atoms with Crippen LogP contribution in [0.5, 0.6) is 5.75 Å². The van der Waals surface area contributed by atoms with E-state index in [0.717, 1.165) is 11.3 Å². The van der Waals surface area contributed by atoms with Crippen molar-refractivity contribution in [3.63, 3.8) is 0 Å². The minimum absolute atomic E-state index is 0.0927. The molecule has 4 nitrogen and oxygen atoms in total. The van der Waals surface area contributed by atoms with Gasteiger partial charge in [-0.05, 0) is 59.0 Å². The summed E-state index contributed by atoms with van der Waals surface area (Å²) in [6, 6.07) is 19.4. The number of hydrogen-bond acceptors (Lipinski definition) is 4. The quantitative estimate of drug-likeness (QED) is 0.278. The Kier molecular flexibility index (Phi) is 7.60. The molecule has 0 unspecified atom stereocenters. The maximum absolute atomic E-state index is 12.3. The average molecular weight is 471 g/mol. The monoisotopic (exact) mass is 470 g/mol. The first-order valence-electron chi connectivity index (χ1n) is 10.1. The molecule has 0 atom stereocenters. The van der Waals surface area contributed by atoms with Gasteiger partial charge in [0.1, 0.15) is 12.4 Å². The minimum Gasteiger partial charge on any atom is -0.489 e. The highest BCUT2D eigenvalue weighted by molar-refractivity contribution is 6.42. The highest BCUT2D eigenvalue weighted by Gasteiger charge is 2.14. The third kappa shape index (κ3) is 6.35. The molecule has 0 spiro atoms. The van der Waals surface area contributed by atoms with Crippen LogP contribution in [0.3, 0.4) is 0 Å². The van der Waals surface area contributed by atoms with Gasteiger partial charge in [-0.15, -0.1) is 0 Å². The summed E-state index contributed by atoms with van der Waals surface area (Å²) >= 11 is 11.8. The Balaban J connectivity index is 1.51. The Morgan fingerprint density at radius 2 is 1.44 bits per heavy atom. The molecule has 166 valence electrons. The zero-order valence-electron chi connectivity index (χ0n) is 18.2. The molecule has 3 aromatic carbocycles. The molecule has 6 heteroatoms. The topological polar surface area (TPSA) is 52.6 Å². The van der Waals surface area contributed by atoms with E-state index in [0.29, 0.717) is 22.8 Å². The summed E-state index contributed by atoms with van der Waals surface area (Å²) in [6.45, 7) is 6.49. The molecule has 0 radical (unpaired) electrons. The first kappa shape index (κ1) is 23.8. The Morgan fingerprint density at radius 3 is 2.03 bits per heavy atom. The van der Waals surface area contributed by atoms with Crippen LogP contribution < -0.4 is 4.74 Å². The number of Topliss-reactive ketones (excluding diaryl/α,β-unsaturated/α-hetero) is 1. The number of halogens is 2. The Labute approximate surface area is 198 Å². The van der Waals surface area contributed by atoms with Crippen molar-refractivity contribution in [2.45, 2.75) is 32.8 Å². The molecule has 0 amide bonds. The van der Waals surface area contributed by atoms with Gasteiger partial charge in [0.05, 0.1) is 15.6 Å². The number of hydrogen-bond donors (Lipinski definition) is 0. The van der Waals surface area contributed by atoms with E-state index in [1.807, 2.05) is 12.1 Å². The lowest BCUT2D eigenvalue weighted by atomic mass is 9.87. The van der Waals surface area contributed by atoms with E-state index in [1.165, 1.54) is 23.8 Å². The lowest BCUT2D eigenvalue weighted by molar-refractivity contribution is 0.0474. The SMILES string of the molecule is CC(C)(C)c1ccc(OCc2ccc(C(=O)OCC(=O)c3ccc(Cl)c(Cl)c3)cc2)cc1. The predicted molar refractivity (Wildman–Crippen MR) is 127 cm³/mol. The van der Waals surface area contributed by atoms with E-state index in [9.17, 15) is 9.59 Å². The zero-order chi connectivity index (χ0) is 23.3. The number of ether oxygens (including phenoxy) is 2. The largest absolute Gasteiger partial charge is 0.489 e. The maximum Gasteiger partial charge on any atom is 0.338 e. The molecule has 0 heterocycles. The van der Waals surface area contributed by atoms with Crippen LogP contribution in [0.4, 0.5) is 0 Å². The van der Waals surface area contributed by atoms with Gasteiger partial charge >= 0.3 is 5.97 Å². The second-order valence-electron chi connectivity index (χ2n) is 8.39. The molecule has 0 fully saturated rings. The van der Waals surface area contributed by atoms with Gasteiger partial charge < -0.3 is 9.47 Å². The van der Waals surface area contributed by atoms with Gasteiger partial charge in [-0.2, -0.15) is 0 Å². The fraction of sp³-hybridized carbons (Fsp3) is 0.231. The van der Waals surface area contributed by atoms with Crippen LogP contribution in [0.15, 0.2) is 66.7 Å². The van der Waals surface area contributed by atoms with Gasteiger partial charge in [0.15, 0.2) is 12.4 Å². The van der Waals surface area contributed by atoms with E-state index in [4.69, 9.17) is 32.7 Å². The predicted octanol–water partition coefficient (Wildman–Crippen LogP) is 6.91. The lowest BCUT2D eigenvalue weighted by Crippen LogP contribution is -2.14. The summed E-state index contributed by atoms with van der Waals surface area (Å²) in [7, 11) is 0. The first-order chi connectivity index (χ1) is 15.1. The number of carbonyl (C=O) groups excluding carboxylic acids is 2. The molecule has 0 saturated heterocycles. The molecule has 0 aromatic heterocycles. The summed E-state index contributed by atoms with van der Waals surface area (Å²) in [5, 5.41) is 0.623. The van der Waals surface area contributed by atoms with Crippen molar-refractivity contribution in [3.8, 4) is 5.75 Å². The van der Waals surface area contributed by atoms with Crippen LogP contribution in [0.2, 0.25) is 10.0 Å². The van der Waals surface area contributed by atoms with Crippen molar-refractivity contribution < 1.29 is 19.1 Å². The van der Waals surface area contributed by atoms with Gasteiger partial charge in [0.2, 0.25) is 0 Å². The molecule has 3 aromatic rings. The van der Waals surface area contributed by atoms with E-state index in [2.05, 4.69) is 32.9 Å². The smallest absolute Gasteiger partial charge is 0.338 e. The third-order valence-electron chi connectivity index (χ3n) is 4.89.